The van der Waals surface area contributed by atoms with Gasteiger partial charge in [-0.2, -0.15) is 0 Å². The summed E-state index contributed by atoms with van der Waals surface area (Å²) >= 11 is 0. The summed E-state index contributed by atoms with van der Waals surface area (Å²) in [4.78, 5) is 22.8. The molecule has 0 rings (SSSR count). The van der Waals surface area contributed by atoms with Crippen molar-refractivity contribution in [3.05, 3.63) is 24.3 Å². The number of rotatable bonds is 41. The first-order valence-electron chi connectivity index (χ1n) is 22.1. The molecule has 0 aromatic carbocycles. The predicted octanol–water partition coefficient (Wildman–Crippen LogP) is 12.8. The number of phosphoric acid groups is 1. The number of ether oxygens (including phenoxy) is 2. The van der Waals surface area contributed by atoms with E-state index in [1.807, 2.05) is 21.1 Å². The molecule has 53 heavy (non-hydrogen) atoms. The number of phosphoric ester groups is 1. The van der Waals surface area contributed by atoms with Crippen molar-refractivity contribution in [3.63, 3.8) is 0 Å². The second-order valence-corrected chi connectivity index (χ2v) is 17.5. The number of hydrogen-bond donors (Lipinski definition) is 1. The van der Waals surface area contributed by atoms with Crippen LogP contribution < -0.4 is 0 Å². The van der Waals surface area contributed by atoms with Gasteiger partial charge in [0.1, 0.15) is 19.3 Å². The lowest BCUT2D eigenvalue weighted by molar-refractivity contribution is -0.870. The maximum absolute atomic E-state index is 12.6. The topological polar surface area (TPSA) is 91.3 Å². The molecule has 0 radical (unpaired) electrons. The molecule has 0 aliphatic carbocycles. The number of allylic oxidation sites excluding steroid dienone is 4. The zero-order valence-electron chi connectivity index (χ0n) is 35.5. The number of hydrogen-bond acceptors (Lipinski definition) is 6. The van der Waals surface area contributed by atoms with Crippen molar-refractivity contribution < 1.29 is 37.3 Å². The average Bonchev–Trinajstić information content (AvgIpc) is 3.11. The summed E-state index contributed by atoms with van der Waals surface area (Å²) < 4.78 is 35.0. The van der Waals surface area contributed by atoms with Gasteiger partial charge in [0.05, 0.1) is 34.4 Å². The van der Waals surface area contributed by atoms with E-state index < -0.39 is 13.9 Å². The lowest BCUT2D eigenvalue weighted by Gasteiger charge is -2.24. The molecule has 9 heteroatoms. The largest absolute Gasteiger partial charge is 0.472 e. The Morgan fingerprint density at radius 3 is 1.57 bits per heavy atom. The summed E-state index contributed by atoms with van der Waals surface area (Å²) in [7, 11) is 1.67. The Balaban J connectivity index is 4.15. The molecule has 2 atom stereocenters. The van der Waals surface area contributed by atoms with Crippen LogP contribution in [-0.4, -0.2) is 75.6 Å². The van der Waals surface area contributed by atoms with Gasteiger partial charge in [0.15, 0.2) is 0 Å². The molecule has 314 valence electrons. The van der Waals surface area contributed by atoms with Gasteiger partial charge in [-0.05, 0) is 44.9 Å². The standard InChI is InChI=1S/C44H86NO7P/c1-6-8-10-12-14-16-18-19-20-21-22-23-24-25-26-28-30-32-34-36-39-49-41-43(42-51-53(47,48)50-40-38-45(3,4)5)52-44(46)37-35-33-31-29-27-17-15-13-11-9-7-2/h14,16,19-20,43H,6-13,15,17-18,21-42H2,1-5H3/p+1/b16-14-,20-19-. The summed E-state index contributed by atoms with van der Waals surface area (Å²) in [6.45, 7) is 5.60. The van der Waals surface area contributed by atoms with Crippen LogP contribution in [0.15, 0.2) is 24.3 Å². The first kappa shape index (κ1) is 52.0. The molecule has 0 aromatic heterocycles. The van der Waals surface area contributed by atoms with Crippen molar-refractivity contribution in [1.82, 2.24) is 0 Å². The number of unbranched alkanes of at least 4 members (excludes halogenated alkanes) is 23. The van der Waals surface area contributed by atoms with Gasteiger partial charge in [0.2, 0.25) is 0 Å². The van der Waals surface area contributed by atoms with Gasteiger partial charge < -0.3 is 18.9 Å². The van der Waals surface area contributed by atoms with Crippen LogP contribution in [0.25, 0.3) is 0 Å². The van der Waals surface area contributed by atoms with Crippen molar-refractivity contribution in [3.8, 4) is 0 Å². The fraction of sp³-hybridized carbons (Fsp3) is 0.886. The molecular formula is C44H87NO7P+. The molecule has 0 heterocycles. The van der Waals surface area contributed by atoms with Gasteiger partial charge in [-0.3, -0.25) is 13.8 Å². The molecule has 2 unspecified atom stereocenters. The van der Waals surface area contributed by atoms with Gasteiger partial charge in [0, 0.05) is 13.0 Å². The van der Waals surface area contributed by atoms with Crippen LogP contribution in [0.4, 0.5) is 0 Å². The van der Waals surface area contributed by atoms with Crippen molar-refractivity contribution in [2.45, 2.75) is 200 Å². The number of esters is 1. The van der Waals surface area contributed by atoms with Gasteiger partial charge >= 0.3 is 13.8 Å². The van der Waals surface area contributed by atoms with E-state index in [0.717, 1.165) is 38.5 Å². The monoisotopic (exact) mass is 773 g/mol. The highest BCUT2D eigenvalue weighted by Gasteiger charge is 2.26. The molecule has 0 saturated heterocycles. The Labute approximate surface area is 328 Å². The Hall–Kier alpha value is -1.02. The summed E-state index contributed by atoms with van der Waals surface area (Å²) in [5.74, 6) is -0.315. The zero-order chi connectivity index (χ0) is 39.1. The first-order chi connectivity index (χ1) is 25.6. The molecule has 0 saturated carbocycles. The minimum atomic E-state index is -4.27. The van der Waals surface area contributed by atoms with Crippen LogP contribution in [0.2, 0.25) is 0 Å². The summed E-state index contributed by atoms with van der Waals surface area (Å²) in [5, 5.41) is 0. The highest BCUT2D eigenvalue weighted by molar-refractivity contribution is 7.47. The molecule has 0 bridgehead atoms. The van der Waals surface area contributed by atoms with E-state index in [9.17, 15) is 14.3 Å². The molecule has 0 aliphatic rings. The lowest BCUT2D eigenvalue weighted by atomic mass is 10.1. The van der Waals surface area contributed by atoms with E-state index in [4.69, 9.17) is 18.5 Å². The van der Waals surface area contributed by atoms with Gasteiger partial charge in [-0.15, -0.1) is 0 Å². The van der Waals surface area contributed by atoms with Crippen molar-refractivity contribution in [2.75, 3.05) is 54.1 Å². The van der Waals surface area contributed by atoms with E-state index in [1.165, 1.54) is 135 Å². The molecular weight excluding hydrogens is 685 g/mol. The molecule has 0 aromatic rings. The van der Waals surface area contributed by atoms with E-state index >= 15 is 0 Å². The van der Waals surface area contributed by atoms with E-state index in [2.05, 4.69) is 38.2 Å². The van der Waals surface area contributed by atoms with Crippen LogP contribution >= 0.6 is 7.82 Å². The molecule has 1 N–H and O–H groups in total. The average molecular weight is 773 g/mol. The maximum Gasteiger partial charge on any atom is 0.472 e. The fourth-order valence-electron chi connectivity index (χ4n) is 6.05. The van der Waals surface area contributed by atoms with Crippen LogP contribution in [0.5, 0.6) is 0 Å². The quantitative estimate of drug-likeness (QED) is 0.0217. The third-order valence-corrected chi connectivity index (χ3v) is 10.5. The highest BCUT2D eigenvalue weighted by Crippen LogP contribution is 2.43. The van der Waals surface area contributed by atoms with Gasteiger partial charge in [-0.25, -0.2) is 4.57 Å². The SMILES string of the molecule is CCCCC/C=C\C/C=C\CCCCCCCCCCCCOCC(COP(=O)(O)OCC[N+](C)(C)C)OC(=O)CCCCCCCCCCCCC. The molecule has 0 aliphatic heterocycles. The van der Waals surface area contributed by atoms with E-state index in [-0.39, 0.29) is 25.8 Å². The first-order valence-corrected chi connectivity index (χ1v) is 23.6. The van der Waals surface area contributed by atoms with Gasteiger partial charge in [-0.1, -0.05) is 167 Å². The second kappa shape index (κ2) is 37.9. The molecule has 8 nitrogen and oxygen atoms in total. The Bertz CT molecular complexity index is 905. The van der Waals surface area contributed by atoms with Crippen LogP contribution in [0.3, 0.4) is 0 Å². The van der Waals surface area contributed by atoms with E-state index in [1.54, 1.807) is 0 Å². The molecule has 0 fully saturated rings. The van der Waals surface area contributed by atoms with Crippen LogP contribution in [0.1, 0.15) is 194 Å². The predicted molar refractivity (Wildman–Crippen MR) is 224 cm³/mol. The maximum atomic E-state index is 12.6. The molecule has 0 amide bonds. The van der Waals surface area contributed by atoms with Crippen LogP contribution in [0, 0.1) is 0 Å². The number of quaternary nitrogens is 1. The summed E-state index contributed by atoms with van der Waals surface area (Å²) in [5.41, 5.74) is 0. The third kappa shape index (κ3) is 42.0. The number of carbonyl (C=O) groups is 1. The van der Waals surface area contributed by atoms with Crippen LogP contribution in [-0.2, 0) is 27.9 Å². The zero-order valence-corrected chi connectivity index (χ0v) is 36.4. The number of likely N-dealkylation sites (N-methyl/N-ethyl adjacent to an activating group) is 1. The Morgan fingerprint density at radius 1 is 0.585 bits per heavy atom. The minimum Gasteiger partial charge on any atom is -0.457 e. The normalized spacial score (nSPS) is 14.0. The Kier molecular flexibility index (Phi) is 37.2. The van der Waals surface area contributed by atoms with Gasteiger partial charge in [0.25, 0.3) is 0 Å². The highest BCUT2D eigenvalue weighted by atomic mass is 31.2. The lowest BCUT2D eigenvalue weighted by Crippen LogP contribution is -2.37. The summed E-state index contributed by atoms with van der Waals surface area (Å²) in [6.07, 6.45) is 42.1. The Morgan fingerprint density at radius 2 is 1.04 bits per heavy atom. The van der Waals surface area contributed by atoms with E-state index in [0.29, 0.717) is 24.1 Å². The smallest absolute Gasteiger partial charge is 0.457 e. The minimum absolute atomic E-state index is 0.0899. The third-order valence-electron chi connectivity index (χ3n) is 9.52. The molecule has 0 spiro atoms. The fourth-order valence-corrected chi connectivity index (χ4v) is 6.79. The number of nitrogens with zero attached hydrogens (tertiary/aromatic N) is 1. The van der Waals surface area contributed by atoms with Crippen molar-refractivity contribution >= 4 is 13.8 Å². The van der Waals surface area contributed by atoms with Crippen molar-refractivity contribution in [1.29, 1.82) is 0 Å². The summed E-state index contributed by atoms with van der Waals surface area (Å²) in [6, 6.07) is 0. The van der Waals surface area contributed by atoms with Crippen molar-refractivity contribution in [2.24, 2.45) is 0 Å². The second-order valence-electron chi connectivity index (χ2n) is 16.1. The number of carbonyl (C=O) groups excluding carboxylic acids is 1.